The molecule has 0 atom stereocenters. The topological polar surface area (TPSA) is 12.5 Å². The summed E-state index contributed by atoms with van der Waals surface area (Å²) in [7, 11) is 4.29. The molecule has 22 heavy (non-hydrogen) atoms. The third-order valence-corrected chi connectivity index (χ3v) is 6.27. The zero-order valence-corrected chi connectivity index (χ0v) is 18.0. The van der Waals surface area contributed by atoms with Crippen LogP contribution in [0.25, 0.3) is 0 Å². The SMILES string of the molecule is CC[O][Ge][c]1c(CN(C)C)cc(C(C)(C)C)cc1C(C)(C)C. The van der Waals surface area contributed by atoms with Crippen molar-refractivity contribution < 1.29 is 3.76 Å². The van der Waals surface area contributed by atoms with Crippen molar-refractivity contribution in [3.63, 3.8) is 0 Å². The quantitative estimate of drug-likeness (QED) is 0.741. The monoisotopic (exact) mass is 365 g/mol. The molecule has 0 saturated carbocycles. The van der Waals surface area contributed by atoms with Crippen molar-refractivity contribution in [3.8, 4) is 0 Å². The minimum atomic E-state index is -0.540. The summed E-state index contributed by atoms with van der Waals surface area (Å²) in [5.41, 5.74) is 4.69. The summed E-state index contributed by atoms with van der Waals surface area (Å²) in [6.45, 7) is 17.7. The average molecular weight is 364 g/mol. The van der Waals surface area contributed by atoms with Gasteiger partial charge in [-0.1, -0.05) is 0 Å². The van der Waals surface area contributed by atoms with Crippen molar-refractivity contribution in [1.29, 1.82) is 0 Å². The van der Waals surface area contributed by atoms with Crippen molar-refractivity contribution >= 4 is 20.2 Å². The van der Waals surface area contributed by atoms with Crippen LogP contribution in [0.3, 0.4) is 0 Å². The number of nitrogens with zero attached hydrogens (tertiary/aromatic N) is 1. The van der Waals surface area contributed by atoms with Crippen LogP contribution in [0.15, 0.2) is 12.1 Å². The second kappa shape index (κ2) is 7.50. The number of benzene rings is 1. The van der Waals surface area contributed by atoms with Gasteiger partial charge in [0, 0.05) is 0 Å². The maximum atomic E-state index is 5.91. The fourth-order valence-electron chi connectivity index (χ4n) is 2.46. The Labute approximate surface area is 144 Å². The Bertz CT molecular complexity index is 495. The standard InChI is InChI=1S/C19H33GeNO/c1-10-22-20-17-14(13-21(8)9)11-15(18(2,3)4)12-16(17)19(5,6)7/h11-12H,10,13H2,1-9H3. The van der Waals surface area contributed by atoms with Gasteiger partial charge in [0.15, 0.2) is 0 Å². The second-order valence-corrected chi connectivity index (χ2v) is 10.4. The summed E-state index contributed by atoms with van der Waals surface area (Å²) in [6, 6.07) is 4.84. The predicted octanol–water partition coefficient (Wildman–Crippen LogP) is 3.62. The first-order valence-corrected chi connectivity index (χ1v) is 10.1. The van der Waals surface area contributed by atoms with Crippen LogP contribution < -0.4 is 4.40 Å². The first kappa shape index (κ1) is 19.7. The molecule has 2 radical (unpaired) electrons. The van der Waals surface area contributed by atoms with E-state index in [9.17, 15) is 0 Å². The third kappa shape index (κ3) is 5.40. The fourth-order valence-corrected chi connectivity index (χ4v) is 4.82. The van der Waals surface area contributed by atoms with Crippen molar-refractivity contribution in [2.75, 3.05) is 20.7 Å². The Kier molecular flexibility index (Phi) is 6.73. The van der Waals surface area contributed by atoms with Crippen LogP contribution in [0.1, 0.15) is 65.2 Å². The number of rotatable bonds is 5. The van der Waals surface area contributed by atoms with Gasteiger partial charge in [0.2, 0.25) is 0 Å². The van der Waals surface area contributed by atoms with Crippen LogP contribution >= 0.6 is 0 Å². The van der Waals surface area contributed by atoms with Crippen LogP contribution in [0.4, 0.5) is 0 Å². The Morgan fingerprint density at radius 2 is 1.59 bits per heavy atom. The molecule has 124 valence electrons. The zero-order chi connectivity index (χ0) is 17.1. The van der Waals surface area contributed by atoms with Crippen LogP contribution in [-0.2, 0) is 21.1 Å². The van der Waals surface area contributed by atoms with Crippen molar-refractivity contribution in [1.82, 2.24) is 4.90 Å². The molecule has 0 amide bonds. The van der Waals surface area contributed by atoms with E-state index in [0.717, 1.165) is 13.2 Å². The van der Waals surface area contributed by atoms with Crippen molar-refractivity contribution in [2.45, 2.75) is 65.8 Å². The van der Waals surface area contributed by atoms with Gasteiger partial charge in [-0.2, -0.15) is 0 Å². The molecule has 3 heteroatoms. The van der Waals surface area contributed by atoms with Gasteiger partial charge in [-0.3, -0.25) is 0 Å². The molecule has 0 aliphatic carbocycles. The molecule has 1 aromatic rings. The first-order chi connectivity index (χ1) is 9.96. The maximum absolute atomic E-state index is 5.91. The van der Waals surface area contributed by atoms with Gasteiger partial charge in [0.1, 0.15) is 0 Å². The van der Waals surface area contributed by atoms with Crippen LogP contribution in [-0.4, -0.2) is 41.4 Å². The fraction of sp³-hybridized carbons (Fsp3) is 0.684. The Hall–Kier alpha value is -0.317. The molecule has 0 aliphatic rings. The first-order valence-electron chi connectivity index (χ1n) is 8.17. The molecule has 0 unspecified atom stereocenters. The molecule has 0 saturated heterocycles. The molecule has 1 rings (SSSR count). The Morgan fingerprint density at radius 1 is 1.00 bits per heavy atom. The Balaban J connectivity index is 3.54. The summed E-state index contributed by atoms with van der Waals surface area (Å²) in [5, 5.41) is 0. The molecule has 0 heterocycles. The van der Waals surface area contributed by atoms with Gasteiger partial charge < -0.3 is 0 Å². The van der Waals surface area contributed by atoms with Crippen molar-refractivity contribution in [3.05, 3.63) is 28.8 Å². The normalized spacial score (nSPS) is 13.0. The van der Waals surface area contributed by atoms with Gasteiger partial charge in [-0.05, 0) is 0 Å². The van der Waals surface area contributed by atoms with Gasteiger partial charge in [-0.15, -0.1) is 0 Å². The van der Waals surface area contributed by atoms with Gasteiger partial charge in [0.25, 0.3) is 0 Å². The van der Waals surface area contributed by atoms with E-state index < -0.39 is 15.8 Å². The van der Waals surface area contributed by atoms with E-state index >= 15 is 0 Å². The van der Waals surface area contributed by atoms with Gasteiger partial charge in [-0.25, -0.2) is 0 Å². The summed E-state index contributed by atoms with van der Waals surface area (Å²) in [4.78, 5) is 2.26. The van der Waals surface area contributed by atoms with Gasteiger partial charge >= 0.3 is 144 Å². The van der Waals surface area contributed by atoms with Crippen molar-refractivity contribution in [2.24, 2.45) is 0 Å². The van der Waals surface area contributed by atoms with Gasteiger partial charge in [0.05, 0.1) is 0 Å². The van der Waals surface area contributed by atoms with E-state index in [1.54, 1.807) is 0 Å². The Morgan fingerprint density at radius 3 is 2.00 bits per heavy atom. The van der Waals surface area contributed by atoms with Crippen LogP contribution in [0.5, 0.6) is 0 Å². The molecule has 2 nitrogen and oxygen atoms in total. The van der Waals surface area contributed by atoms with E-state index in [0.29, 0.717) is 0 Å². The van der Waals surface area contributed by atoms with E-state index in [-0.39, 0.29) is 10.8 Å². The van der Waals surface area contributed by atoms with Crippen LogP contribution in [0, 0.1) is 0 Å². The minimum absolute atomic E-state index is 0.151. The summed E-state index contributed by atoms with van der Waals surface area (Å²) in [5.74, 6) is 0. The molecule has 0 aromatic heterocycles. The zero-order valence-electron chi connectivity index (χ0n) is 15.9. The van der Waals surface area contributed by atoms with E-state index in [1.807, 2.05) is 0 Å². The number of hydrogen-bond acceptors (Lipinski definition) is 2. The average Bonchev–Trinajstić information content (AvgIpc) is 2.33. The van der Waals surface area contributed by atoms with E-state index in [2.05, 4.69) is 79.6 Å². The molecular formula is C19H33GeNO. The third-order valence-electron chi connectivity index (χ3n) is 3.70. The van der Waals surface area contributed by atoms with E-state index in [4.69, 9.17) is 3.76 Å². The summed E-state index contributed by atoms with van der Waals surface area (Å²) in [6.07, 6.45) is 0. The van der Waals surface area contributed by atoms with Crippen LogP contribution in [0.2, 0.25) is 0 Å². The van der Waals surface area contributed by atoms with E-state index in [1.165, 1.54) is 21.1 Å². The molecule has 0 spiro atoms. The molecule has 0 bridgehead atoms. The molecule has 1 aromatic carbocycles. The summed E-state index contributed by atoms with van der Waals surface area (Å²) >= 11 is -0.540. The molecular weight excluding hydrogens is 331 g/mol. The molecule has 0 aliphatic heterocycles. The predicted molar refractivity (Wildman–Crippen MR) is 98.2 cm³/mol. The second-order valence-electron chi connectivity index (χ2n) is 8.33. The molecule has 0 fully saturated rings. The number of hydrogen-bond donors (Lipinski definition) is 0. The summed E-state index contributed by atoms with van der Waals surface area (Å²) < 4.78 is 7.41. The molecule has 0 N–H and O–H groups in total.